The molecular formula is C15H23NO2. The second-order valence-electron chi connectivity index (χ2n) is 5.01. The van der Waals surface area contributed by atoms with E-state index in [-0.39, 0.29) is 0 Å². The van der Waals surface area contributed by atoms with Crippen molar-refractivity contribution < 1.29 is 9.84 Å². The Balaban J connectivity index is 1.60. The van der Waals surface area contributed by atoms with Gasteiger partial charge in [-0.05, 0) is 43.9 Å². The van der Waals surface area contributed by atoms with Gasteiger partial charge < -0.3 is 14.7 Å². The van der Waals surface area contributed by atoms with E-state index >= 15 is 0 Å². The van der Waals surface area contributed by atoms with Gasteiger partial charge in [0.1, 0.15) is 5.75 Å². The Hall–Kier alpha value is -1.06. The molecule has 1 aromatic rings. The molecule has 0 aromatic heterocycles. The van der Waals surface area contributed by atoms with Gasteiger partial charge in [-0.3, -0.25) is 0 Å². The van der Waals surface area contributed by atoms with Crippen molar-refractivity contribution in [2.75, 3.05) is 32.8 Å². The van der Waals surface area contributed by atoms with Crippen molar-refractivity contribution in [3.05, 3.63) is 30.3 Å². The van der Waals surface area contributed by atoms with Gasteiger partial charge in [-0.2, -0.15) is 0 Å². The van der Waals surface area contributed by atoms with E-state index in [9.17, 15) is 5.11 Å². The molecule has 1 fully saturated rings. The molecule has 1 aliphatic rings. The largest absolute Gasteiger partial charge is 0.494 e. The maximum atomic E-state index is 9.18. The molecule has 0 bridgehead atoms. The van der Waals surface area contributed by atoms with Crippen molar-refractivity contribution in [3.63, 3.8) is 0 Å². The SMILES string of the molecule is OCC1CCCN(CCCOc2ccccc2)C1. The van der Waals surface area contributed by atoms with Crippen molar-refractivity contribution in [2.24, 2.45) is 5.92 Å². The van der Waals surface area contributed by atoms with Crippen molar-refractivity contribution in [3.8, 4) is 5.75 Å². The van der Waals surface area contributed by atoms with E-state index in [0.29, 0.717) is 12.5 Å². The molecule has 0 radical (unpaired) electrons. The maximum Gasteiger partial charge on any atom is 0.119 e. The zero-order chi connectivity index (χ0) is 12.6. The number of aliphatic hydroxyl groups is 1. The van der Waals surface area contributed by atoms with E-state index in [1.54, 1.807) is 0 Å². The van der Waals surface area contributed by atoms with Crippen LogP contribution in [0, 0.1) is 5.92 Å². The van der Waals surface area contributed by atoms with Gasteiger partial charge in [-0.1, -0.05) is 18.2 Å². The predicted octanol–water partition coefficient (Wildman–Crippen LogP) is 2.16. The van der Waals surface area contributed by atoms with Crippen molar-refractivity contribution >= 4 is 0 Å². The lowest BCUT2D eigenvalue weighted by molar-refractivity contribution is 0.115. The van der Waals surface area contributed by atoms with Crippen LogP contribution in [0.5, 0.6) is 5.75 Å². The maximum absolute atomic E-state index is 9.18. The fourth-order valence-electron chi connectivity index (χ4n) is 2.50. The van der Waals surface area contributed by atoms with E-state index in [1.807, 2.05) is 30.3 Å². The lowest BCUT2D eigenvalue weighted by atomic mass is 9.99. The molecule has 100 valence electrons. The van der Waals surface area contributed by atoms with Crippen LogP contribution < -0.4 is 4.74 Å². The Kier molecular flexibility index (Phi) is 5.49. The number of hydrogen-bond acceptors (Lipinski definition) is 3. The molecule has 1 N–H and O–H groups in total. The molecule has 2 rings (SSSR count). The molecule has 0 aliphatic carbocycles. The van der Waals surface area contributed by atoms with Crippen LogP contribution in [0.2, 0.25) is 0 Å². The lowest BCUT2D eigenvalue weighted by Gasteiger charge is -2.31. The second-order valence-corrected chi connectivity index (χ2v) is 5.01. The van der Waals surface area contributed by atoms with E-state index in [4.69, 9.17) is 4.74 Å². The van der Waals surface area contributed by atoms with Crippen LogP contribution in [0.15, 0.2) is 30.3 Å². The van der Waals surface area contributed by atoms with E-state index in [1.165, 1.54) is 19.4 Å². The summed E-state index contributed by atoms with van der Waals surface area (Å²) in [5.74, 6) is 1.43. The lowest BCUT2D eigenvalue weighted by Crippen LogP contribution is -2.37. The first kappa shape index (κ1) is 13.4. The summed E-state index contributed by atoms with van der Waals surface area (Å²) in [5, 5.41) is 9.18. The summed E-state index contributed by atoms with van der Waals surface area (Å²) in [6, 6.07) is 9.96. The number of hydrogen-bond donors (Lipinski definition) is 1. The first-order chi connectivity index (χ1) is 8.88. The number of benzene rings is 1. The van der Waals surface area contributed by atoms with Crippen LogP contribution in [-0.4, -0.2) is 42.9 Å². The fourth-order valence-corrected chi connectivity index (χ4v) is 2.50. The number of para-hydroxylation sites is 1. The molecule has 3 nitrogen and oxygen atoms in total. The minimum absolute atomic E-state index is 0.330. The smallest absolute Gasteiger partial charge is 0.119 e. The van der Waals surface area contributed by atoms with Crippen LogP contribution >= 0.6 is 0 Å². The Bertz CT molecular complexity index is 329. The van der Waals surface area contributed by atoms with Gasteiger partial charge in [0.25, 0.3) is 0 Å². The molecule has 0 spiro atoms. The number of nitrogens with zero attached hydrogens (tertiary/aromatic N) is 1. The summed E-state index contributed by atoms with van der Waals surface area (Å²) < 4.78 is 5.67. The van der Waals surface area contributed by atoms with Gasteiger partial charge in [-0.15, -0.1) is 0 Å². The van der Waals surface area contributed by atoms with Crippen LogP contribution in [0.3, 0.4) is 0 Å². The molecule has 0 amide bonds. The van der Waals surface area contributed by atoms with Gasteiger partial charge in [0.05, 0.1) is 6.61 Å². The topological polar surface area (TPSA) is 32.7 Å². The number of piperidine rings is 1. The highest BCUT2D eigenvalue weighted by molar-refractivity contribution is 5.20. The Morgan fingerprint density at radius 2 is 2.11 bits per heavy atom. The number of aliphatic hydroxyl groups excluding tert-OH is 1. The minimum Gasteiger partial charge on any atom is -0.494 e. The minimum atomic E-state index is 0.330. The third-order valence-electron chi connectivity index (χ3n) is 3.49. The van der Waals surface area contributed by atoms with Gasteiger partial charge >= 0.3 is 0 Å². The van der Waals surface area contributed by atoms with E-state index in [2.05, 4.69) is 4.90 Å². The first-order valence-electron chi connectivity index (χ1n) is 6.89. The van der Waals surface area contributed by atoms with Crippen LogP contribution in [0.1, 0.15) is 19.3 Å². The quantitative estimate of drug-likeness (QED) is 0.784. The molecule has 1 saturated heterocycles. The third kappa shape index (κ3) is 4.31. The highest BCUT2D eigenvalue weighted by atomic mass is 16.5. The monoisotopic (exact) mass is 249 g/mol. The summed E-state index contributed by atoms with van der Waals surface area (Å²) in [7, 11) is 0. The molecule has 3 heteroatoms. The van der Waals surface area contributed by atoms with E-state index in [0.717, 1.165) is 31.9 Å². The van der Waals surface area contributed by atoms with Crippen molar-refractivity contribution in [1.82, 2.24) is 4.90 Å². The third-order valence-corrected chi connectivity index (χ3v) is 3.49. The summed E-state index contributed by atoms with van der Waals surface area (Å²) >= 11 is 0. The molecule has 1 atom stereocenters. The standard InChI is InChI=1S/C15H23NO2/c17-13-14-6-4-9-16(12-14)10-5-11-18-15-7-2-1-3-8-15/h1-3,7-8,14,17H,4-6,9-13H2. The van der Waals surface area contributed by atoms with Crippen molar-refractivity contribution in [2.45, 2.75) is 19.3 Å². The average Bonchev–Trinajstić information content (AvgIpc) is 2.45. The summed E-state index contributed by atoms with van der Waals surface area (Å²) in [6.45, 7) is 4.38. The van der Waals surface area contributed by atoms with Gasteiger partial charge in [0.15, 0.2) is 0 Å². The Morgan fingerprint density at radius 3 is 2.89 bits per heavy atom. The molecule has 18 heavy (non-hydrogen) atoms. The van der Waals surface area contributed by atoms with Gasteiger partial charge in [0, 0.05) is 19.7 Å². The van der Waals surface area contributed by atoms with Crippen LogP contribution in [-0.2, 0) is 0 Å². The summed E-state index contributed by atoms with van der Waals surface area (Å²) in [6.07, 6.45) is 3.44. The zero-order valence-electron chi connectivity index (χ0n) is 10.9. The Morgan fingerprint density at radius 1 is 1.28 bits per heavy atom. The predicted molar refractivity (Wildman–Crippen MR) is 72.8 cm³/mol. The molecule has 0 saturated carbocycles. The molecule has 1 aliphatic heterocycles. The number of likely N-dealkylation sites (tertiary alicyclic amines) is 1. The van der Waals surface area contributed by atoms with Crippen molar-refractivity contribution in [1.29, 1.82) is 0 Å². The molecule has 1 aromatic carbocycles. The second kappa shape index (κ2) is 7.39. The first-order valence-corrected chi connectivity index (χ1v) is 6.89. The van der Waals surface area contributed by atoms with Crippen LogP contribution in [0.4, 0.5) is 0 Å². The van der Waals surface area contributed by atoms with E-state index < -0.39 is 0 Å². The van der Waals surface area contributed by atoms with Crippen LogP contribution in [0.25, 0.3) is 0 Å². The number of rotatable bonds is 6. The average molecular weight is 249 g/mol. The molecular weight excluding hydrogens is 226 g/mol. The molecule has 1 unspecified atom stereocenters. The van der Waals surface area contributed by atoms with Gasteiger partial charge in [-0.25, -0.2) is 0 Å². The highest BCUT2D eigenvalue weighted by Gasteiger charge is 2.18. The summed E-state index contributed by atoms with van der Waals surface area (Å²) in [5.41, 5.74) is 0. The normalized spacial score (nSPS) is 20.8. The number of ether oxygens (including phenoxy) is 1. The van der Waals surface area contributed by atoms with Gasteiger partial charge in [0.2, 0.25) is 0 Å². The highest BCUT2D eigenvalue weighted by Crippen LogP contribution is 2.16. The zero-order valence-corrected chi connectivity index (χ0v) is 10.9. The molecule has 1 heterocycles. The summed E-state index contributed by atoms with van der Waals surface area (Å²) in [4.78, 5) is 2.44. The fraction of sp³-hybridized carbons (Fsp3) is 0.600. The Labute approximate surface area is 109 Å².